The summed E-state index contributed by atoms with van der Waals surface area (Å²) in [5.41, 5.74) is 3.31. The van der Waals surface area contributed by atoms with Crippen molar-refractivity contribution in [2.24, 2.45) is 0 Å². The number of furan rings is 1. The molecule has 0 saturated heterocycles. The maximum absolute atomic E-state index is 5.91. The van der Waals surface area contributed by atoms with Gasteiger partial charge in [-0.3, -0.25) is 0 Å². The standard InChI is InChI=1S/C24H19N3O2S/c1-3-8-17(9-4-1)15-29-24-26-22(25-14-19-12-7-13-28-19)21-20(16-30-23(21)27-24)18-10-5-2-6-11-18/h1-13,16H,14-15H2,(H,25,26,27). The molecule has 148 valence electrons. The van der Waals surface area contributed by atoms with Crippen LogP contribution in [0.25, 0.3) is 21.3 Å². The minimum atomic E-state index is 0.356. The first-order valence-corrected chi connectivity index (χ1v) is 10.5. The van der Waals surface area contributed by atoms with Gasteiger partial charge in [0.1, 0.15) is 23.0 Å². The second-order valence-electron chi connectivity index (χ2n) is 6.76. The van der Waals surface area contributed by atoms with Gasteiger partial charge in [-0.05, 0) is 23.3 Å². The van der Waals surface area contributed by atoms with Crippen LogP contribution in [0.1, 0.15) is 11.3 Å². The highest BCUT2D eigenvalue weighted by atomic mass is 32.1. The Labute approximate surface area is 178 Å². The van der Waals surface area contributed by atoms with Gasteiger partial charge in [0.25, 0.3) is 0 Å². The van der Waals surface area contributed by atoms with Gasteiger partial charge in [-0.25, -0.2) is 0 Å². The third-order valence-electron chi connectivity index (χ3n) is 4.72. The molecule has 1 N–H and O–H groups in total. The Morgan fingerprint density at radius 1 is 0.900 bits per heavy atom. The number of nitrogens with one attached hydrogen (secondary N) is 1. The molecule has 6 heteroatoms. The van der Waals surface area contributed by atoms with Gasteiger partial charge in [-0.15, -0.1) is 11.3 Å². The first-order chi connectivity index (χ1) is 14.9. The van der Waals surface area contributed by atoms with E-state index in [0.29, 0.717) is 19.2 Å². The minimum absolute atomic E-state index is 0.356. The molecule has 0 saturated carbocycles. The first-order valence-electron chi connectivity index (χ1n) is 9.64. The number of fused-ring (bicyclic) bond motifs is 1. The van der Waals surface area contributed by atoms with Crippen molar-refractivity contribution in [1.29, 1.82) is 0 Å². The summed E-state index contributed by atoms with van der Waals surface area (Å²) in [5, 5.41) is 6.52. The van der Waals surface area contributed by atoms with Gasteiger partial charge < -0.3 is 14.5 Å². The molecule has 0 aliphatic heterocycles. The van der Waals surface area contributed by atoms with Crippen LogP contribution in [0.4, 0.5) is 5.82 Å². The number of anilines is 1. The van der Waals surface area contributed by atoms with Gasteiger partial charge in [0, 0.05) is 10.9 Å². The van der Waals surface area contributed by atoms with E-state index < -0.39 is 0 Å². The predicted molar refractivity (Wildman–Crippen MR) is 120 cm³/mol. The first kappa shape index (κ1) is 18.4. The molecule has 3 aromatic heterocycles. The lowest BCUT2D eigenvalue weighted by molar-refractivity contribution is 0.282. The molecule has 0 aliphatic rings. The summed E-state index contributed by atoms with van der Waals surface area (Å²) in [7, 11) is 0. The van der Waals surface area contributed by atoms with Gasteiger partial charge in [0.2, 0.25) is 0 Å². The molecule has 30 heavy (non-hydrogen) atoms. The van der Waals surface area contributed by atoms with Gasteiger partial charge >= 0.3 is 6.01 Å². The molecule has 2 aromatic carbocycles. The van der Waals surface area contributed by atoms with Gasteiger partial charge in [-0.1, -0.05) is 60.7 Å². The zero-order valence-corrected chi connectivity index (χ0v) is 16.9. The highest BCUT2D eigenvalue weighted by molar-refractivity contribution is 7.17. The lowest BCUT2D eigenvalue weighted by atomic mass is 10.1. The summed E-state index contributed by atoms with van der Waals surface area (Å²) in [6.07, 6.45) is 1.67. The molecule has 0 unspecified atom stereocenters. The molecule has 5 rings (SSSR count). The van der Waals surface area contributed by atoms with Crippen LogP contribution in [0.5, 0.6) is 6.01 Å². The molecule has 0 aliphatic carbocycles. The summed E-state index contributed by atoms with van der Waals surface area (Å²) >= 11 is 1.59. The summed E-state index contributed by atoms with van der Waals surface area (Å²) in [6, 6.07) is 24.4. The fraction of sp³-hybridized carbons (Fsp3) is 0.0833. The number of aromatic nitrogens is 2. The fourth-order valence-electron chi connectivity index (χ4n) is 3.25. The molecule has 0 spiro atoms. The second kappa shape index (κ2) is 8.39. The molecule has 5 aromatic rings. The van der Waals surface area contributed by atoms with Crippen molar-refractivity contribution in [3.8, 4) is 17.1 Å². The van der Waals surface area contributed by atoms with Gasteiger partial charge in [0.05, 0.1) is 18.2 Å². The molecule has 0 fully saturated rings. The summed E-state index contributed by atoms with van der Waals surface area (Å²) in [6.45, 7) is 0.947. The van der Waals surface area contributed by atoms with Crippen molar-refractivity contribution in [3.63, 3.8) is 0 Å². The van der Waals surface area contributed by atoms with E-state index in [-0.39, 0.29) is 0 Å². The van der Waals surface area contributed by atoms with E-state index in [1.165, 1.54) is 0 Å². The number of ether oxygens (including phenoxy) is 1. The van der Waals surface area contributed by atoms with Crippen LogP contribution in [0.2, 0.25) is 0 Å². The lowest BCUT2D eigenvalue weighted by Gasteiger charge is -2.10. The highest BCUT2D eigenvalue weighted by Gasteiger charge is 2.16. The quantitative estimate of drug-likeness (QED) is 0.347. The lowest BCUT2D eigenvalue weighted by Crippen LogP contribution is -2.05. The zero-order valence-electron chi connectivity index (χ0n) is 16.1. The van der Waals surface area contributed by atoms with E-state index >= 15 is 0 Å². The Kier molecular flexibility index (Phi) is 5.14. The maximum atomic E-state index is 5.91. The topological polar surface area (TPSA) is 60.2 Å². The molecule has 5 nitrogen and oxygen atoms in total. The molecular weight excluding hydrogens is 394 g/mol. The molecule has 0 atom stereocenters. The Morgan fingerprint density at radius 3 is 2.47 bits per heavy atom. The van der Waals surface area contributed by atoms with Gasteiger partial charge in [-0.2, -0.15) is 9.97 Å². The average Bonchev–Trinajstić information content (AvgIpc) is 3.47. The van der Waals surface area contributed by atoms with E-state index in [2.05, 4.69) is 27.8 Å². The summed E-state index contributed by atoms with van der Waals surface area (Å²) in [4.78, 5) is 10.2. The third-order valence-corrected chi connectivity index (χ3v) is 5.59. The number of benzene rings is 2. The van der Waals surface area contributed by atoms with Crippen molar-refractivity contribution in [3.05, 3.63) is 95.8 Å². The molecule has 3 heterocycles. The SMILES string of the molecule is c1ccc(COc2nc(NCc3ccco3)c3c(-c4ccccc4)csc3n2)cc1. The Morgan fingerprint density at radius 2 is 1.70 bits per heavy atom. The minimum Gasteiger partial charge on any atom is -0.467 e. The molecule has 0 amide bonds. The fourth-order valence-corrected chi connectivity index (χ4v) is 4.19. The number of thiophene rings is 1. The van der Waals surface area contributed by atoms with Crippen LogP contribution in [0.3, 0.4) is 0 Å². The average molecular weight is 414 g/mol. The van der Waals surface area contributed by atoms with E-state index in [9.17, 15) is 0 Å². The van der Waals surface area contributed by atoms with Crippen LogP contribution in [-0.2, 0) is 13.2 Å². The molecule has 0 radical (unpaired) electrons. The molecular formula is C24H19N3O2S. The predicted octanol–water partition coefficient (Wildman–Crippen LogP) is 6.14. The highest BCUT2D eigenvalue weighted by Crippen LogP contribution is 2.38. The normalized spacial score (nSPS) is 10.9. The zero-order chi connectivity index (χ0) is 20.2. The second-order valence-corrected chi connectivity index (χ2v) is 7.62. The van der Waals surface area contributed by atoms with E-state index in [1.54, 1.807) is 17.6 Å². The van der Waals surface area contributed by atoms with E-state index in [0.717, 1.165) is 38.5 Å². The van der Waals surface area contributed by atoms with Crippen LogP contribution >= 0.6 is 11.3 Å². The van der Waals surface area contributed by atoms with Crippen molar-refractivity contribution < 1.29 is 9.15 Å². The monoisotopic (exact) mass is 413 g/mol. The van der Waals surface area contributed by atoms with Crippen LogP contribution in [0, 0.1) is 0 Å². The number of hydrogen-bond acceptors (Lipinski definition) is 6. The van der Waals surface area contributed by atoms with Crippen LogP contribution < -0.4 is 10.1 Å². The Hall–Kier alpha value is -3.64. The summed E-state index contributed by atoms with van der Waals surface area (Å²) in [5.74, 6) is 1.57. The third kappa shape index (κ3) is 3.90. The number of nitrogens with zero attached hydrogens (tertiary/aromatic N) is 2. The Balaban J connectivity index is 1.51. The van der Waals surface area contributed by atoms with Gasteiger partial charge in [0.15, 0.2) is 0 Å². The number of rotatable bonds is 7. The van der Waals surface area contributed by atoms with Crippen molar-refractivity contribution in [2.75, 3.05) is 5.32 Å². The summed E-state index contributed by atoms with van der Waals surface area (Å²) < 4.78 is 11.4. The number of hydrogen-bond donors (Lipinski definition) is 1. The van der Waals surface area contributed by atoms with Crippen molar-refractivity contribution in [1.82, 2.24) is 9.97 Å². The van der Waals surface area contributed by atoms with Crippen molar-refractivity contribution >= 4 is 27.4 Å². The van der Waals surface area contributed by atoms with Crippen LogP contribution in [-0.4, -0.2) is 9.97 Å². The van der Waals surface area contributed by atoms with Crippen LogP contribution in [0.15, 0.2) is 88.9 Å². The Bertz CT molecular complexity index is 1240. The van der Waals surface area contributed by atoms with E-state index in [1.807, 2.05) is 60.7 Å². The van der Waals surface area contributed by atoms with Crippen molar-refractivity contribution in [2.45, 2.75) is 13.2 Å². The largest absolute Gasteiger partial charge is 0.467 e. The smallest absolute Gasteiger partial charge is 0.320 e. The van der Waals surface area contributed by atoms with E-state index in [4.69, 9.17) is 14.1 Å². The molecule has 0 bridgehead atoms. The maximum Gasteiger partial charge on any atom is 0.320 e.